The maximum absolute atomic E-state index is 3.57. The summed E-state index contributed by atoms with van der Waals surface area (Å²) in [4.78, 5) is 2.88. The van der Waals surface area contributed by atoms with Crippen LogP contribution in [0.4, 0.5) is 0 Å². The third-order valence-electron chi connectivity index (χ3n) is 4.64. The third kappa shape index (κ3) is 1.31. The molecule has 1 aliphatic carbocycles. The first-order valence-electron chi connectivity index (χ1n) is 6.38. The molecule has 1 saturated carbocycles. The standard InChI is InChI=1S/C12H22N2/c1-2-5-11(4-1)14-9-3-6-12(14)7-8-13-10-12/h11,13H,1-10H2. The van der Waals surface area contributed by atoms with E-state index in [1.165, 1.54) is 64.6 Å². The Balaban J connectivity index is 1.76. The van der Waals surface area contributed by atoms with Gasteiger partial charge in [-0.05, 0) is 45.2 Å². The smallest absolute Gasteiger partial charge is 0.0349 e. The van der Waals surface area contributed by atoms with Crippen molar-refractivity contribution in [2.45, 2.75) is 56.5 Å². The van der Waals surface area contributed by atoms with E-state index < -0.39 is 0 Å². The number of nitrogens with one attached hydrogen (secondary N) is 1. The molecular formula is C12H22N2. The predicted molar refractivity (Wildman–Crippen MR) is 58.4 cm³/mol. The Hall–Kier alpha value is -0.0800. The molecule has 2 heteroatoms. The van der Waals surface area contributed by atoms with Crippen LogP contribution < -0.4 is 5.32 Å². The van der Waals surface area contributed by atoms with Crippen molar-refractivity contribution in [2.24, 2.45) is 0 Å². The van der Waals surface area contributed by atoms with Crippen LogP contribution >= 0.6 is 0 Å². The van der Waals surface area contributed by atoms with Crippen molar-refractivity contribution in [3.8, 4) is 0 Å². The Bertz CT molecular complexity index is 197. The van der Waals surface area contributed by atoms with Crippen molar-refractivity contribution in [1.82, 2.24) is 10.2 Å². The van der Waals surface area contributed by atoms with E-state index >= 15 is 0 Å². The summed E-state index contributed by atoms with van der Waals surface area (Å²) in [5, 5.41) is 3.57. The molecular weight excluding hydrogens is 172 g/mol. The third-order valence-corrected chi connectivity index (χ3v) is 4.64. The van der Waals surface area contributed by atoms with Crippen molar-refractivity contribution >= 4 is 0 Å². The van der Waals surface area contributed by atoms with E-state index in [4.69, 9.17) is 0 Å². The summed E-state index contributed by atoms with van der Waals surface area (Å²) in [7, 11) is 0. The zero-order valence-corrected chi connectivity index (χ0v) is 9.10. The lowest BCUT2D eigenvalue weighted by Gasteiger charge is -2.39. The maximum Gasteiger partial charge on any atom is 0.0349 e. The first kappa shape index (κ1) is 9.17. The summed E-state index contributed by atoms with van der Waals surface area (Å²) in [5.41, 5.74) is 0.592. The quantitative estimate of drug-likeness (QED) is 0.684. The molecule has 2 heterocycles. The summed E-state index contributed by atoms with van der Waals surface area (Å²) < 4.78 is 0. The van der Waals surface area contributed by atoms with E-state index in [1.807, 2.05) is 0 Å². The second kappa shape index (κ2) is 3.49. The van der Waals surface area contributed by atoms with Crippen LogP contribution in [-0.4, -0.2) is 36.1 Å². The van der Waals surface area contributed by atoms with E-state index in [1.54, 1.807) is 0 Å². The topological polar surface area (TPSA) is 15.3 Å². The predicted octanol–water partition coefficient (Wildman–Crippen LogP) is 1.76. The Morgan fingerprint density at radius 3 is 2.64 bits per heavy atom. The van der Waals surface area contributed by atoms with Gasteiger partial charge in [-0.25, -0.2) is 0 Å². The average Bonchev–Trinajstić information content (AvgIpc) is 2.91. The van der Waals surface area contributed by atoms with Gasteiger partial charge in [0.15, 0.2) is 0 Å². The van der Waals surface area contributed by atoms with Crippen LogP contribution in [0.5, 0.6) is 0 Å². The van der Waals surface area contributed by atoms with Crippen LogP contribution in [0.15, 0.2) is 0 Å². The van der Waals surface area contributed by atoms with E-state index in [0.717, 1.165) is 6.04 Å². The van der Waals surface area contributed by atoms with Gasteiger partial charge < -0.3 is 5.32 Å². The highest BCUT2D eigenvalue weighted by Gasteiger charge is 2.45. The molecule has 0 bridgehead atoms. The fourth-order valence-electron chi connectivity index (χ4n) is 3.93. The molecule has 2 aliphatic heterocycles. The molecule has 80 valence electrons. The van der Waals surface area contributed by atoms with E-state index in [-0.39, 0.29) is 0 Å². The molecule has 3 fully saturated rings. The Labute approximate surface area is 87.0 Å². The van der Waals surface area contributed by atoms with Crippen LogP contribution in [-0.2, 0) is 0 Å². The van der Waals surface area contributed by atoms with Gasteiger partial charge in [0.1, 0.15) is 0 Å². The molecule has 1 unspecified atom stereocenters. The van der Waals surface area contributed by atoms with Gasteiger partial charge in [0.2, 0.25) is 0 Å². The Morgan fingerprint density at radius 2 is 1.93 bits per heavy atom. The maximum atomic E-state index is 3.57. The molecule has 3 rings (SSSR count). The van der Waals surface area contributed by atoms with Crippen molar-refractivity contribution in [3.05, 3.63) is 0 Å². The van der Waals surface area contributed by atoms with Crippen molar-refractivity contribution < 1.29 is 0 Å². The highest BCUT2D eigenvalue weighted by atomic mass is 15.3. The van der Waals surface area contributed by atoms with Gasteiger partial charge >= 0.3 is 0 Å². The minimum atomic E-state index is 0.592. The minimum Gasteiger partial charge on any atom is -0.315 e. The van der Waals surface area contributed by atoms with Crippen LogP contribution in [0.2, 0.25) is 0 Å². The highest BCUT2D eigenvalue weighted by Crippen LogP contribution is 2.39. The molecule has 0 aromatic heterocycles. The van der Waals surface area contributed by atoms with Gasteiger partial charge in [-0.15, -0.1) is 0 Å². The molecule has 1 spiro atoms. The number of nitrogens with zero attached hydrogens (tertiary/aromatic N) is 1. The molecule has 14 heavy (non-hydrogen) atoms. The molecule has 3 aliphatic rings. The molecule has 1 atom stereocenters. The lowest BCUT2D eigenvalue weighted by molar-refractivity contribution is 0.103. The first-order valence-corrected chi connectivity index (χ1v) is 6.38. The Kier molecular flexibility index (Phi) is 2.29. The summed E-state index contributed by atoms with van der Waals surface area (Å²) in [6.45, 7) is 3.90. The van der Waals surface area contributed by atoms with Crippen molar-refractivity contribution in [2.75, 3.05) is 19.6 Å². The molecule has 0 radical (unpaired) electrons. The van der Waals surface area contributed by atoms with Crippen molar-refractivity contribution in [1.29, 1.82) is 0 Å². The lowest BCUT2D eigenvalue weighted by Crippen LogP contribution is -2.49. The fraction of sp³-hybridized carbons (Fsp3) is 1.00. The van der Waals surface area contributed by atoms with Gasteiger partial charge in [-0.2, -0.15) is 0 Å². The molecule has 2 saturated heterocycles. The van der Waals surface area contributed by atoms with Gasteiger partial charge in [0.05, 0.1) is 0 Å². The number of hydrogen-bond acceptors (Lipinski definition) is 2. The average molecular weight is 194 g/mol. The number of rotatable bonds is 1. The molecule has 0 aromatic rings. The minimum absolute atomic E-state index is 0.592. The molecule has 2 nitrogen and oxygen atoms in total. The lowest BCUT2D eigenvalue weighted by atomic mass is 9.93. The highest BCUT2D eigenvalue weighted by molar-refractivity contribution is 5.04. The van der Waals surface area contributed by atoms with Gasteiger partial charge in [-0.3, -0.25) is 4.90 Å². The van der Waals surface area contributed by atoms with Crippen LogP contribution in [0.25, 0.3) is 0 Å². The van der Waals surface area contributed by atoms with Crippen LogP contribution in [0, 0.1) is 0 Å². The van der Waals surface area contributed by atoms with Gasteiger partial charge in [0, 0.05) is 18.1 Å². The van der Waals surface area contributed by atoms with Crippen LogP contribution in [0.1, 0.15) is 44.9 Å². The van der Waals surface area contributed by atoms with E-state index in [2.05, 4.69) is 10.2 Å². The fourth-order valence-corrected chi connectivity index (χ4v) is 3.93. The Morgan fingerprint density at radius 1 is 1.07 bits per heavy atom. The molecule has 1 N–H and O–H groups in total. The normalized spacial score (nSPS) is 40.3. The summed E-state index contributed by atoms with van der Waals surface area (Å²) in [6.07, 6.45) is 10.2. The summed E-state index contributed by atoms with van der Waals surface area (Å²) in [6, 6.07) is 0.942. The zero-order chi connectivity index (χ0) is 9.43. The van der Waals surface area contributed by atoms with Gasteiger partial charge in [0.25, 0.3) is 0 Å². The van der Waals surface area contributed by atoms with Crippen molar-refractivity contribution in [3.63, 3.8) is 0 Å². The molecule has 0 aromatic carbocycles. The SMILES string of the molecule is C1CCC(N2CCCC23CCNC3)C1. The van der Waals surface area contributed by atoms with Crippen LogP contribution in [0.3, 0.4) is 0 Å². The van der Waals surface area contributed by atoms with Gasteiger partial charge in [-0.1, -0.05) is 12.8 Å². The summed E-state index contributed by atoms with van der Waals surface area (Å²) in [5.74, 6) is 0. The first-order chi connectivity index (χ1) is 6.91. The summed E-state index contributed by atoms with van der Waals surface area (Å²) >= 11 is 0. The largest absolute Gasteiger partial charge is 0.315 e. The second-order valence-electron chi connectivity index (χ2n) is 5.39. The van der Waals surface area contributed by atoms with E-state index in [9.17, 15) is 0 Å². The molecule has 0 amide bonds. The number of hydrogen-bond donors (Lipinski definition) is 1. The monoisotopic (exact) mass is 194 g/mol. The zero-order valence-electron chi connectivity index (χ0n) is 9.10. The van der Waals surface area contributed by atoms with E-state index in [0.29, 0.717) is 5.54 Å². The number of likely N-dealkylation sites (tertiary alicyclic amines) is 1. The second-order valence-corrected chi connectivity index (χ2v) is 5.39.